The minimum Gasteiger partial charge on any atom is -0.504 e. The molecule has 0 aromatic carbocycles. The number of fused-ring (bicyclic) bond motifs is 3. The highest BCUT2D eigenvalue weighted by Gasteiger charge is 2.56. The molecule has 2 N–H and O–H groups in total. The van der Waals surface area contributed by atoms with E-state index < -0.39 is 11.2 Å². The summed E-state index contributed by atoms with van der Waals surface area (Å²) in [6.45, 7) is 7.88. The fourth-order valence-electron chi connectivity index (χ4n) is 5.33. The zero-order chi connectivity index (χ0) is 17.9. The van der Waals surface area contributed by atoms with Crippen LogP contribution in [0.15, 0.2) is 34.1 Å². The van der Waals surface area contributed by atoms with Gasteiger partial charge < -0.3 is 10.2 Å². The second-order valence-corrected chi connectivity index (χ2v) is 8.28. The van der Waals surface area contributed by atoms with Crippen LogP contribution in [0.5, 0.6) is 0 Å². The SMILES string of the molecule is CC1=C(CCO)C(=O)C(O)=C2C1=CC(=O)C1C(C)(C)CCCC21C. The van der Waals surface area contributed by atoms with Crippen LogP contribution in [0.25, 0.3) is 0 Å². The molecule has 3 rings (SSSR count). The summed E-state index contributed by atoms with van der Waals surface area (Å²) in [5.41, 5.74) is 1.79. The highest BCUT2D eigenvalue weighted by Crippen LogP contribution is 2.60. The Morgan fingerprint density at radius 3 is 2.50 bits per heavy atom. The van der Waals surface area contributed by atoms with Crippen molar-refractivity contribution in [3.63, 3.8) is 0 Å². The van der Waals surface area contributed by atoms with Crippen LogP contribution in [0.4, 0.5) is 0 Å². The molecule has 130 valence electrons. The van der Waals surface area contributed by atoms with Gasteiger partial charge in [-0.05, 0) is 48.8 Å². The Balaban J connectivity index is 2.26. The molecule has 2 atom stereocenters. The fourth-order valence-corrected chi connectivity index (χ4v) is 5.33. The van der Waals surface area contributed by atoms with Gasteiger partial charge in [0.1, 0.15) is 0 Å². The van der Waals surface area contributed by atoms with Crippen molar-refractivity contribution < 1.29 is 19.8 Å². The van der Waals surface area contributed by atoms with Crippen molar-refractivity contribution in [3.8, 4) is 0 Å². The van der Waals surface area contributed by atoms with E-state index in [4.69, 9.17) is 0 Å². The molecule has 0 aliphatic heterocycles. The Hall–Kier alpha value is -1.68. The van der Waals surface area contributed by atoms with Crippen molar-refractivity contribution in [1.82, 2.24) is 0 Å². The molecule has 0 aromatic rings. The summed E-state index contributed by atoms with van der Waals surface area (Å²) in [5.74, 6) is -0.759. The number of aliphatic hydroxyl groups is 2. The van der Waals surface area contributed by atoms with Gasteiger partial charge in [0.2, 0.25) is 5.78 Å². The number of hydrogen-bond donors (Lipinski definition) is 2. The van der Waals surface area contributed by atoms with E-state index in [0.717, 1.165) is 24.8 Å². The van der Waals surface area contributed by atoms with Gasteiger partial charge in [0.15, 0.2) is 11.5 Å². The summed E-state index contributed by atoms with van der Waals surface area (Å²) in [6.07, 6.45) is 4.54. The molecule has 4 heteroatoms. The molecule has 1 saturated carbocycles. The Labute approximate surface area is 142 Å². The first-order chi connectivity index (χ1) is 11.1. The molecule has 0 bridgehead atoms. The summed E-state index contributed by atoms with van der Waals surface area (Å²) in [4.78, 5) is 25.6. The highest BCUT2D eigenvalue weighted by molar-refractivity contribution is 6.12. The van der Waals surface area contributed by atoms with Crippen molar-refractivity contribution >= 4 is 11.6 Å². The van der Waals surface area contributed by atoms with Crippen LogP contribution in [0.3, 0.4) is 0 Å². The summed E-state index contributed by atoms with van der Waals surface area (Å²) in [5, 5.41) is 19.9. The quantitative estimate of drug-likeness (QED) is 0.813. The Bertz CT molecular complexity index is 720. The van der Waals surface area contributed by atoms with Gasteiger partial charge in [-0.1, -0.05) is 27.2 Å². The molecule has 3 aliphatic carbocycles. The van der Waals surface area contributed by atoms with E-state index in [-0.39, 0.29) is 35.9 Å². The maximum absolute atomic E-state index is 13.0. The molecule has 2 unspecified atom stereocenters. The van der Waals surface area contributed by atoms with Gasteiger partial charge in [-0.25, -0.2) is 0 Å². The Morgan fingerprint density at radius 2 is 1.88 bits per heavy atom. The van der Waals surface area contributed by atoms with Crippen LogP contribution in [0.1, 0.15) is 53.4 Å². The smallest absolute Gasteiger partial charge is 0.223 e. The topological polar surface area (TPSA) is 74.6 Å². The molecular weight excluding hydrogens is 304 g/mol. The van der Waals surface area contributed by atoms with Gasteiger partial charge >= 0.3 is 0 Å². The number of carbonyl (C=O) groups is 2. The summed E-state index contributed by atoms with van der Waals surface area (Å²) in [7, 11) is 0. The lowest BCUT2D eigenvalue weighted by atomic mass is 9.49. The summed E-state index contributed by atoms with van der Waals surface area (Å²) < 4.78 is 0. The number of rotatable bonds is 2. The molecule has 1 fully saturated rings. The van der Waals surface area contributed by atoms with Crippen LogP contribution in [0.2, 0.25) is 0 Å². The van der Waals surface area contributed by atoms with Crippen LogP contribution in [-0.2, 0) is 9.59 Å². The maximum atomic E-state index is 13.0. The minimum atomic E-state index is -0.519. The zero-order valence-electron chi connectivity index (χ0n) is 14.9. The average Bonchev–Trinajstić information content (AvgIpc) is 2.47. The van der Waals surface area contributed by atoms with Gasteiger partial charge in [0, 0.05) is 29.1 Å². The second-order valence-electron chi connectivity index (χ2n) is 8.28. The molecule has 3 aliphatic rings. The van der Waals surface area contributed by atoms with Crippen LogP contribution >= 0.6 is 0 Å². The van der Waals surface area contributed by atoms with Crippen LogP contribution < -0.4 is 0 Å². The summed E-state index contributed by atoms with van der Waals surface area (Å²) >= 11 is 0. The number of Topliss-reactive ketones (excluding diaryl/α,β-unsaturated/α-hetero) is 1. The predicted molar refractivity (Wildman–Crippen MR) is 91.4 cm³/mol. The fraction of sp³-hybridized carbons (Fsp3) is 0.600. The summed E-state index contributed by atoms with van der Waals surface area (Å²) in [6, 6.07) is 0. The first-order valence-electron chi connectivity index (χ1n) is 8.70. The van der Waals surface area contributed by atoms with E-state index in [1.54, 1.807) is 6.08 Å². The molecule has 0 heterocycles. The number of carbonyl (C=O) groups excluding carboxylic acids is 2. The van der Waals surface area contributed by atoms with Crippen LogP contribution in [0, 0.1) is 16.7 Å². The van der Waals surface area contributed by atoms with E-state index in [9.17, 15) is 19.8 Å². The van der Waals surface area contributed by atoms with Gasteiger partial charge in [-0.3, -0.25) is 9.59 Å². The monoisotopic (exact) mass is 330 g/mol. The van der Waals surface area contributed by atoms with Gasteiger partial charge in [-0.15, -0.1) is 0 Å². The minimum absolute atomic E-state index is 0.0887. The predicted octanol–water partition coefficient (Wildman–Crippen LogP) is 3.42. The normalized spacial score (nSPS) is 32.5. The number of ketones is 2. The maximum Gasteiger partial charge on any atom is 0.223 e. The number of allylic oxidation sites excluding steroid dienone is 5. The molecule has 24 heavy (non-hydrogen) atoms. The van der Waals surface area contributed by atoms with E-state index in [1.165, 1.54) is 0 Å². The lowest BCUT2D eigenvalue weighted by molar-refractivity contribution is -0.130. The molecule has 4 nitrogen and oxygen atoms in total. The van der Waals surface area contributed by atoms with E-state index in [2.05, 4.69) is 13.8 Å². The van der Waals surface area contributed by atoms with Crippen molar-refractivity contribution in [2.24, 2.45) is 16.7 Å². The third-order valence-corrected chi connectivity index (χ3v) is 6.29. The largest absolute Gasteiger partial charge is 0.504 e. The molecule has 0 aromatic heterocycles. The van der Waals surface area contributed by atoms with Gasteiger partial charge in [-0.2, -0.15) is 0 Å². The average molecular weight is 330 g/mol. The van der Waals surface area contributed by atoms with Crippen molar-refractivity contribution in [1.29, 1.82) is 0 Å². The van der Waals surface area contributed by atoms with E-state index in [0.29, 0.717) is 16.7 Å². The number of hydrogen-bond acceptors (Lipinski definition) is 4. The number of aliphatic hydroxyl groups excluding tert-OH is 2. The van der Waals surface area contributed by atoms with Gasteiger partial charge in [0.25, 0.3) is 0 Å². The third kappa shape index (κ3) is 2.16. The standard InChI is InChI=1S/C20H26O4/c1-11-12(6-9-21)16(23)17(24)15-13(11)10-14(22)18-19(2,3)7-5-8-20(15,18)4/h10,18,21,24H,5-9H2,1-4H3. The third-order valence-electron chi connectivity index (χ3n) is 6.29. The molecule has 0 spiro atoms. The molecule has 0 radical (unpaired) electrons. The highest BCUT2D eigenvalue weighted by atomic mass is 16.3. The lowest BCUT2D eigenvalue weighted by Gasteiger charge is -2.53. The second kappa shape index (κ2) is 5.41. The van der Waals surface area contributed by atoms with Crippen LogP contribution in [-0.4, -0.2) is 28.4 Å². The molecule has 0 saturated heterocycles. The van der Waals surface area contributed by atoms with Gasteiger partial charge in [0.05, 0.1) is 0 Å². The van der Waals surface area contributed by atoms with E-state index in [1.807, 2.05) is 13.8 Å². The van der Waals surface area contributed by atoms with E-state index >= 15 is 0 Å². The lowest BCUT2D eigenvalue weighted by Crippen LogP contribution is -2.50. The zero-order valence-corrected chi connectivity index (χ0v) is 14.9. The Kier molecular flexibility index (Phi) is 3.87. The van der Waals surface area contributed by atoms with Crippen molar-refractivity contribution in [2.45, 2.75) is 53.4 Å². The molecule has 0 amide bonds. The van der Waals surface area contributed by atoms with Crippen molar-refractivity contribution in [2.75, 3.05) is 6.61 Å². The first-order valence-corrected chi connectivity index (χ1v) is 8.70. The Morgan fingerprint density at radius 1 is 1.21 bits per heavy atom. The van der Waals surface area contributed by atoms with Crippen molar-refractivity contribution in [3.05, 3.63) is 34.1 Å². The first kappa shape index (κ1) is 17.2. The molecular formula is C20H26O4.